The zero-order valence-corrected chi connectivity index (χ0v) is 9.62. The molecule has 17 heavy (non-hydrogen) atoms. The summed E-state index contributed by atoms with van der Waals surface area (Å²) in [6, 6.07) is 6.42. The molecule has 0 unspecified atom stereocenters. The van der Waals surface area contributed by atoms with E-state index in [0.29, 0.717) is 12.2 Å². The Kier molecular flexibility index (Phi) is 2.29. The second-order valence-corrected chi connectivity index (χ2v) is 4.73. The van der Waals surface area contributed by atoms with Crippen LogP contribution in [0.1, 0.15) is 10.6 Å². The maximum atomic E-state index is 12.7. The Morgan fingerprint density at radius 3 is 2.76 bits per heavy atom. The molecule has 0 aliphatic heterocycles. The fourth-order valence-electron chi connectivity index (χ4n) is 1.61. The molecule has 86 valence electrons. The van der Waals surface area contributed by atoms with Crippen molar-refractivity contribution in [2.45, 2.75) is 6.42 Å². The first-order valence-corrected chi connectivity index (χ1v) is 5.87. The van der Waals surface area contributed by atoms with Crippen LogP contribution in [0.2, 0.25) is 0 Å². The number of anilines is 1. The second kappa shape index (κ2) is 3.81. The molecule has 1 aromatic carbocycles. The Bertz CT molecular complexity index is 624. The van der Waals surface area contributed by atoms with Crippen molar-refractivity contribution < 1.29 is 4.39 Å². The van der Waals surface area contributed by atoms with Gasteiger partial charge < -0.3 is 5.73 Å². The molecule has 0 aliphatic rings. The standard InChI is InChI=1S/C11H9FN4S/c12-8-3-1-7(2-4-8)5-10-15-16-6-9(13)14-11(16)17-10/h1-4,6H,5,13H2. The van der Waals surface area contributed by atoms with Crippen LogP contribution >= 0.6 is 11.3 Å². The molecule has 0 fully saturated rings. The predicted octanol–water partition coefficient (Wildman–Crippen LogP) is 2.10. The van der Waals surface area contributed by atoms with Crippen LogP contribution in [0, 0.1) is 5.82 Å². The summed E-state index contributed by atoms with van der Waals surface area (Å²) >= 11 is 1.48. The van der Waals surface area contributed by atoms with Crippen LogP contribution in [0.4, 0.5) is 10.2 Å². The third kappa shape index (κ3) is 1.99. The van der Waals surface area contributed by atoms with Crippen molar-refractivity contribution in [3.05, 3.63) is 46.9 Å². The van der Waals surface area contributed by atoms with E-state index in [4.69, 9.17) is 5.73 Å². The predicted molar refractivity (Wildman–Crippen MR) is 64.5 cm³/mol. The summed E-state index contributed by atoms with van der Waals surface area (Å²) in [6.07, 6.45) is 2.36. The number of nitrogens with two attached hydrogens (primary N) is 1. The van der Waals surface area contributed by atoms with Gasteiger partial charge >= 0.3 is 0 Å². The molecule has 2 heterocycles. The van der Waals surface area contributed by atoms with Gasteiger partial charge in [-0.1, -0.05) is 23.5 Å². The van der Waals surface area contributed by atoms with Gasteiger partial charge in [0.2, 0.25) is 4.96 Å². The average molecular weight is 248 g/mol. The zero-order chi connectivity index (χ0) is 11.8. The average Bonchev–Trinajstić information content (AvgIpc) is 2.78. The van der Waals surface area contributed by atoms with E-state index in [2.05, 4.69) is 10.1 Å². The van der Waals surface area contributed by atoms with E-state index in [9.17, 15) is 4.39 Å². The highest BCUT2D eigenvalue weighted by Gasteiger charge is 2.07. The minimum absolute atomic E-state index is 0.226. The van der Waals surface area contributed by atoms with Crippen LogP contribution in [0.5, 0.6) is 0 Å². The first-order chi connectivity index (χ1) is 8.20. The normalized spacial score (nSPS) is 11.1. The highest BCUT2D eigenvalue weighted by molar-refractivity contribution is 7.16. The Labute approximate surface area is 101 Å². The van der Waals surface area contributed by atoms with E-state index in [1.54, 1.807) is 22.8 Å². The second-order valence-electron chi connectivity index (χ2n) is 3.69. The van der Waals surface area contributed by atoms with E-state index in [1.807, 2.05) is 0 Å². The highest BCUT2D eigenvalue weighted by atomic mass is 32.1. The van der Waals surface area contributed by atoms with Gasteiger partial charge in [-0.05, 0) is 17.7 Å². The number of hydrogen-bond donors (Lipinski definition) is 1. The SMILES string of the molecule is Nc1cn2nc(Cc3ccc(F)cc3)sc2n1. The highest BCUT2D eigenvalue weighted by Crippen LogP contribution is 2.18. The molecule has 0 saturated heterocycles. The van der Waals surface area contributed by atoms with Gasteiger partial charge in [0, 0.05) is 6.42 Å². The van der Waals surface area contributed by atoms with E-state index >= 15 is 0 Å². The lowest BCUT2D eigenvalue weighted by molar-refractivity contribution is 0.627. The quantitative estimate of drug-likeness (QED) is 0.755. The van der Waals surface area contributed by atoms with Gasteiger partial charge in [-0.15, -0.1) is 0 Å². The molecule has 4 nitrogen and oxygen atoms in total. The molecule has 0 saturated carbocycles. The molecule has 3 aromatic rings. The Morgan fingerprint density at radius 1 is 1.29 bits per heavy atom. The summed E-state index contributed by atoms with van der Waals surface area (Å²) in [5, 5.41) is 5.28. The molecule has 2 aromatic heterocycles. The van der Waals surface area contributed by atoms with E-state index in [0.717, 1.165) is 15.5 Å². The van der Waals surface area contributed by atoms with Gasteiger partial charge in [0.05, 0.1) is 6.20 Å². The van der Waals surface area contributed by atoms with E-state index < -0.39 is 0 Å². The lowest BCUT2D eigenvalue weighted by Gasteiger charge is -1.96. The number of rotatable bonds is 2. The van der Waals surface area contributed by atoms with Crippen molar-refractivity contribution in [1.29, 1.82) is 0 Å². The maximum Gasteiger partial charge on any atom is 0.214 e. The summed E-state index contributed by atoms with van der Waals surface area (Å²) in [7, 11) is 0. The largest absolute Gasteiger partial charge is 0.382 e. The van der Waals surface area contributed by atoms with Crippen molar-refractivity contribution in [2.75, 3.05) is 5.73 Å². The first kappa shape index (κ1) is 10.2. The maximum absolute atomic E-state index is 12.7. The zero-order valence-electron chi connectivity index (χ0n) is 8.80. The number of halogens is 1. The lowest BCUT2D eigenvalue weighted by Crippen LogP contribution is -1.90. The van der Waals surface area contributed by atoms with E-state index in [1.165, 1.54) is 23.5 Å². The Hall–Kier alpha value is -1.95. The van der Waals surface area contributed by atoms with Gasteiger partial charge in [-0.3, -0.25) is 0 Å². The van der Waals surface area contributed by atoms with Crippen LogP contribution in [-0.2, 0) is 6.42 Å². The number of nitrogens with zero attached hydrogens (tertiary/aromatic N) is 3. The summed E-state index contributed by atoms with van der Waals surface area (Å²) < 4.78 is 14.4. The summed E-state index contributed by atoms with van der Waals surface area (Å²) in [5.41, 5.74) is 6.57. The molecule has 0 bridgehead atoms. The molecule has 2 N–H and O–H groups in total. The van der Waals surface area contributed by atoms with Crippen molar-refractivity contribution in [2.24, 2.45) is 0 Å². The number of benzene rings is 1. The van der Waals surface area contributed by atoms with Crippen LogP contribution in [-0.4, -0.2) is 14.6 Å². The first-order valence-electron chi connectivity index (χ1n) is 5.06. The van der Waals surface area contributed by atoms with Gasteiger partial charge in [0.15, 0.2) is 0 Å². The minimum Gasteiger partial charge on any atom is -0.382 e. The van der Waals surface area contributed by atoms with Crippen LogP contribution in [0.15, 0.2) is 30.5 Å². The van der Waals surface area contributed by atoms with Gasteiger partial charge in [-0.25, -0.2) is 13.9 Å². The van der Waals surface area contributed by atoms with Crippen molar-refractivity contribution >= 4 is 22.1 Å². The van der Waals surface area contributed by atoms with Crippen LogP contribution in [0.3, 0.4) is 0 Å². The third-order valence-electron chi connectivity index (χ3n) is 2.37. The molecule has 0 spiro atoms. The van der Waals surface area contributed by atoms with Crippen molar-refractivity contribution in [3.63, 3.8) is 0 Å². The number of hydrogen-bond acceptors (Lipinski definition) is 4. The molecule has 0 atom stereocenters. The molecule has 6 heteroatoms. The van der Waals surface area contributed by atoms with Crippen molar-refractivity contribution in [1.82, 2.24) is 14.6 Å². The number of fused-ring (bicyclic) bond motifs is 1. The minimum atomic E-state index is -0.226. The molecule has 3 rings (SSSR count). The van der Waals surface area contributed by atoms with E-state index in [-0.39, 0.29) is 5.82 Å². The Balaban J connectivity index is 1.89. The molecular formula is C11H9FN4S. The topological polar surface area (TPSA) is 56.2 Å². The fraction of sp³-hybridized carbons (Fsp3) is 0.0909. The third-order valence-corrected chi connectivity index (χ3v) is 3.29. The smallest absolute Gasteiger partial charge is 0.214 e. The molecule has 0 aliphatic carbocycles. The molecule has 0 amide bonds. The van der Waals surface area contributed by atoms with Crippen LogP contribution in [0.25, 0.3) is 4.96 Å². The van der Waals surface area contributed by atoms with Gasteiger partial charge in [0.25, 0.3) is 0 Å². The monoisotopic (exact) mass is 248 g/mol. The van der Waals surface area contributed by atoms with Crippen molar-refractivity contribution in [3.8, 4) is 0 Å². The summed E-state index contributed by atoms with van der Waals surface area (Å²) in [4.78, 5) is 4.90. The fourth-order valence-corrected chi connectivity index (χ4v) is 2.52. The lowest BCUT2D eigenvalue weighted by atomic mass is 10.2. The number of imidazole rings is 1. The molecule has 0 radical (unpaired) electrons. The Morgan fingerprint density at radius 2 is 2.06 bits per heavy atom. The number of nitrogen functional groups attached to an aromatic ring is 1. The number of aromatic nitrogens is 3. The van der Waals surface area contributed by atoms with Gasteiger partial charge in [-0.2, -0.15) is 5.10 Å². The summed E-state index contributed by atoms with van der Waals surface area (Å²) in [6.45, 7) is 0. The molecular weight excluding hydrogens is 239 g/mol. The van der Waals surface area contributed by atoms with Gasteiger partial charge in [0.1, 0.15) is 16.6 Å². The summed E-state index contributed by atoms with van der Waals surface area (Å²) in [5.74, 6) is 0.243. The van der Waals surface area contributed by atoms with Crippen LogP contribution < -0.4 is 5.73 Å².